The Hall–Kier alpha value is -2.40. The van der Waals surface area contributed by atoms with Crippen LogP contribution in [0, 0.1) is 0 Å². The quantitative estimate of drug-likeness (QED) is 0.667. The molecule has 5 rings (SSSR count). The molecular formula is C19H25N7O3. The fraction of sp³-hybridized carbons (Fsp3) is 0.579. The van der Waals surface area contributed by atoms with Gasteiger partial charge in [0.05, 0.1) is 26.4 Å². The number of aromatic nitrogens is 6. The van der Waals surface area contributed by atoms with Gasteiger partial charge < -0.3 is 19.5 Å². The molecule has 0 aromatic carbocycles. The van der Waals surface area contributed by atoms with Crippen molar-refractivity contribution in [3.8, 4) is 5.82 Å². The highest BCUT2D eigenvalue weighted by atomic mass is 16.6. The number of rotatable bonds is 4. The van der Waals surface area contributed by atoms with Gasteiger partial charge in [-0.05, 0) is 44.1 Å². The Morgan fingerprint density at radius 3 is 2.62 bits per heavy atom. The molecule has 2 aliphatic heterocycles. The molecule has 2 fully saturated rings. The molecule has 2 aliphatic rings. The number of likely N-dealkylation sites (tertiary alicyclic amines) is 1. The molecule has 0 unspecified atom stereocenters. The zero-order valence-corrected chi connectivity index (χ0v) is 16.2. The Morgan fingerprint density at radius 1 is 1.10 bits per heavy atom. The molecule has 1 N–H and O–H groups in total. The number of hydrogen-bond acceptors (Lipinski definition) is 8. The van der Waals surface area contributed by atoms with E-state index in [0.717, 1.165) is 43.2 Å². The van der Waals surface area contributed by atoms with Gasteiger partial charge in [0.15, 0.2) is 17.3 Å². The van der Waals surface area contributed by atoms with Gasteiger partial charge in [-0.15, -0.1) is 15.3 Å². The van der Waals surface area contributed by atoms with Crippen molar-refractivity contribution in [3.05, 3.63) is 36.4 Å². The van der Waals surface area contributed by atoms with Crippen molar-refractivity contribution in [1.82, 2.24) is 34.5 Å². The van der Waals surface area contributed by atoms with E-state index in [1.165, 1.54) is 0 Å². The fourth-order valence-corrected chi connectivity index (χ4v) is 4.12. The van der Waals surface area contributed by atoms with Crippen molar-refractivity contribution in [2.24, 2.45) is 0 Å². The Bertz CT molecular complexity index is 942. The van der Waals surface area contributed by atoms with E-state index in [2.05, 4.69) is 20.2 Å². The summed E-state index contributed by atoms with van der Waals surface area (Å²) < 4.78 is 14.5. The van der Waals surface area contributed by atoms with E-state index < -0.39 is 5.60 Å². The molecule has 0 radical (unpaired) electrons. The first-order valence-corrected chi connectivity index (χ1v) is 10.0. The van der Waals surface area contributed by atoms with Gasteiger partial charge in [0.25, 0.3) is 0 Å². The monoisotopic (exact) mass is 399 g/mol. The zero-order valence-electron chi connectivity index (χ0n) is 16.2. The summed E-state index contributed by atoms with van der Waals surface area (Å²) in [5, 5.41) is 28.4. The minimum atomic E-state index is -0.939. The number of hydrogen-bond donors (Lipinski definition) is 1. The molecule has 10 nitrogen and oxygen atoms in total. The SMILES string of the molecule is OC1(CN2CCC(c3nnc4ccc(-n5cccn5)nn34)CC2)COCCOC1. The molecule has 3 aromatic rings. The minimum Gasteiger partial charge on any atom is -0.384 e. The summed E-state index contributed by atoms with van der Waals surface area (Å²) in [6.07, 6.45) is 5.47. The second-order valence-corrected chi connectivity index (χ2v) is 7.85. The third-order valence-electron chi connectivity index (χ3n) is 5.60. The standard InChI is InChI=1S/C19H25N7O3/c27-19(13-28-10-11-29-14-19)12-24-8-4-15(5-9-24)18-22-21-16-2-3-17(23-26(16)18)25-7-1-6-20-25/h1-3,6-7,15,27H,4-5,8-14H2. The summed E-state index contributed by atoms with van der Waals surface area (Å²) in [7, 11) is 0. The lowest BCUT2D eigenvalue weighted by molar-refractivity contribution is -0.0768. The van der Waals surface area contributed by atoms with Gasteiger partial charge in [-0.3, -0.25) is 0 Å². The summed E-state index contributed by atoms with van der Waals surface area (Å²) in [5.74, 6) is 1.89. The number of aliphatic hydroxyl groups is 1. The lowest BCUT2D eigenvalue weighted by Gasteiger charge is -2.36. The van der Waals surface area contributed by atoms with Gasteiger partial charge in [-0.25, -0.2) is 4.68 Å². The summed E-state index contributed by atoms with van der Waals surface area (Å²) in [4.78, 5) is 2.28. The second-order valence-electron chi connectivity index (χ2n) is 7.85. The maximum Gasteiger partial charge on any atom is 0.178 e. The Balaban J connectivity index is 1.28. The first-order chi connectivity index (χ1) is 14.2. The van der Waals surface area contributed by atoms with Crippen LogP contribution in [0.4, 0.5) is 0 Å². The molecule has 10 heteroatoms. The van der Waals surface area contributed by atoms with Crippen molar-refractivity contribution >= 4 is 5.65 Å². The normalized spacial score (nSPS) is 21.4. The maximum absolute atomic E-state index is 10.8. The lowest BCUT2D eigenvalue weighted by Crippen LogP contribution is -2.50. The van der Waals surface area contributed by atoms with E-state index in [9.17, 15) is 5.11 Å². The van der Waals surface area contributed by atoms with Crippen LogP contribution < -0.4 is 0 Å². The van der Waals surface area contributed by atoms with E-state index in [0.29, 0.717) is 33.0 Å². The number of ether oxygens (including phenoxy) is 2. The average molecular weight is 399 g/mol. The Morgan fingerprint density at radius 2 is 1.90 bits per heavy atom. The van der Waals surface area contributed by atoms with E-state index in [1.54, 1.807) is 10.9 Å². The van der Waals surface area contributed by atoms with Crippen LogP contribution in [0.3, 0.4) is 0 Å². The lowest BCUT2D eigenvalue weighted by atomic mass is 9.94. The molecule has 5 heterocycles. The molecule has 2 saturated heterocycles. The van der Waals surface area contributed by atoms with Crippen molar-refractivity contribution in [3.63, 3.8) is 0 Å². The van der Waals surface area contributed by atoms with Crippen molar-refractivity contribution in [1.29, 1.82) is 0 Å². The van der Waals surface area contributed by atoms with E-state index in [1.807, 2.05) is 28.9 Å². The smallest absolute Gasteiger partial charge is 0.178 e. The fourth-order valence-electron chi connectivity index (χ4n) is 4.12. The van der Waals surface area contributed by atoms with Gasteiger partial charge in [0.1, 0.15) is 5.60 Å². The van der Waals surface area contributed by atoms with Crippen LogP contribution in [-0.4, -0.2) is 91.3 Å². The van der Waals surface area contributed by atoms with Crippen LogP contribution >= 0.6 is 0 Å². The largest absolute Gasteiger partial charge is 0.384 e. The van der Waals surface area contributed by atoms with Crippen LogP contribution in [-0.2, 0) is 9.47 Å². The Kier molecular flexibility index (Phi) is 5.00. The highest BCUT2D eigenvalue weighted by Gasteiger charge is 2.34. The highest BCUT2D eigenvalue weighted by Crippen LogP contribution is 2.28. The van der Waals surface area contributed by atoms with Gasteiger partial charge >= 0.3 is 0 Å². The predicted molar refractivity (Wildman–Crippen MR) is 103 cm³/mol. The van der Waals surface area contributed by atoms with Gasteiger partial charge in [-0.2, -0.15) is 9.61 Å². The van der Waals surface area contributed by atoms with Crippen molar-refractivity contribution in [2.45, 2.75) is 24.4 Å². The van der Waals surface area contributed by atoms with Crippen LogP contribution in [0.2, 0.25) is 0 Å². The van der Waals surface area contributed by atoms with E-state index in [4.69, 9.17) is 14.6 Å². The first-order valence-electron chi connectivity index (χ1n) is 10.0. The minimum absolute atomic E-state index is 0.276. The highest BCUT2D eigenvalue weighted by molar-refractivity contribution is 5.39. The zero-order chi connectivity index (χ0) is 19.7. The van der Waals surface area contributed by atoms with Gasteiger partial charge in [0, 0.05) is 24.9 Å². The molecule has 0 spiro atoms. The van der Waals surface area contributed by atoms with E-state index in [-0.39, 0.29) is 5.92 Å². The molecule has 0 amide bonds. The number of β-amino-alcohol motifs (C(OH)–C–C–N with tert-alkyl or cyclic N) is 1. The summed E-state index contributed by atoms with van der Waals surface area (Å²) in [5.41, 5.74) is -0.203. The van der Waals surface area contributed by atoms with Gasteiger partial charge in [-0.1, -0.05) is 0 Å². The van der Waals surface area contributed by atoms with Crippen LogP contribution in [0.25, 0.3) is 11.5 Å². The second kappa shape index (κ2) is 7.79. The van der Waals surface area contributed by atoms with Crippen LogP contribution in [0.1, 0.15) is 24.6 Å². The third kappa shape index (κ3) is 3.88. The summed E-state index contributed by atoms with van der Waals surface area (Å²) >= 11 is 0. The molecule has 3 aromatic heterocycles. The maximum atomic E-state index is 10.8. The first kappa shape index (κ1) is 18.6. The van der Waals surface area contributed by atoms with Crippen LogP contribution in [0.15, 0.2) is 30.6 Å². The molecule has 29 heavy (non-hydrogen) atoms. The molecular weight excluding hydrogens is 374 g/mol. The molecule has 0 aliphatic carbocycles. The Labute approximate surface area is 168 Å². The third-order valence-corrected chi connectivity index (χ3v) is 5.60. The molecule has 0 atom stereocenters. The molecule has 0 saturated carbocycles. The average Bonchev–Trinajstić information content (AvgIpc) is 3.36. The van der Waals surface area contributed by atoms with Crippen LogP contribution in [0.5, 0.6) is 0 Å². The number of piperidine rings is 1. The number of fused-ring (bicyclic) bond motifs is 1. The van der Waals surface area contributed by atoms with Gasteiger partial charge in [0.2, 0.25) is 0 Å². The number of nitrogens with zero attached hydrogens (tertiary/aromatic N) is 7. The van der Waals surface area contributed by atoms with Crippen molar-refractivity contribution < 1.29 is 14.6 Å². The summed E-state index contributed by atoms with van der Waals surface area (Å²) in [6.45, 7) is 4.03. The predicted octanol–water partition coefficient (Wildman–Crippen LogP) is 0.267. The molecule has 0 bridgehead atoms. The topological polar surface area (TPSA) is 103 Å². The van der Waals surface area contributed by atoms with Crippen molar-refractivity contribution in [2.75, 3.05) is 46.1 Å². The van der Waals surface area contributed by atoms with E-state index >= 15 is 0 Å². The molecule has 154 valence electrons. The summed E-state index contributed by atoms with van der Waals surface area (Å²) in [6, 6.07) is 5.67.